The van der Waals surface area contributed by atoms with Crippen LogP contribution in [-0.2, 0) is 7.05 Å². The zero-order valence-corrected chi connectivity index (χ0v) is 15.8. The average molecular weight is 390 g/mol. The minimum atomic E-state index is -0.281. The fourth-order valence-corrected chi connectivity index (χ4v) is 3.12. The van der Waals surface area contributed by atoms with E-state index in [9.17, 15) is 4.79 Å². The summed E-state index contributed by atoms with van der Waals surface area (Å²) in [5, 5.41) is 14.8. The molecule has 7 heteroatoms. The van der Waals surface area contributed by atoms with Crippen molar-refractivity contribution in [3.63, 3.8) is 0 Å². The van der Waals surface area contributed by atoms with Crippen molar-refractivity contribution in [1.82, 2.24) is 20.2 Å². The normalized spacial score (nSPS) is 10.6. The summed E-state index contributed by atoms with van der Waals surface area (Å²) >= 11 is 6.29. The van der Waals surface area contributed by atoms with Gasteiger partial charge in [-0.25, -0.2) is 4.68 Å². The summed E-state index contributed by atoms with van der Waals surface area (Å²) < 4.78 is 1.57. The second-order valence-corrected chi connectivity index (χ2v) is 6.63. The molecule has 1 N–H and O–H groups in total. The Morgan fingerprint density at radius 2 is 1.71 bits per heavy atom. The molecule has 1 aromatic heterocycles. The van der Waals surface area contributed by atoms with Crippen LogP contribution in [0.4, 0.5) is 5.69 Å². The Morgan fingerprint density at radius 3 is 2.46 bits per heavy atom. The molecule has 4 aromatic rings. The number of aromatic nitrogens is 4. The van der Waals surface area contributed by atoms with Gasteiger partial charge in [0.1, 0.15) is 0 Å². The van der Waals surface area contributed by atoms with Gasteiger partial charge in [0.15, 0.2) is 5.82 Å². The number of carbonyl (C=O) groups is 1. The lowest BCUT2D eigenvalue weighted by atomic mass is 10.0. The Hall–Kier alpha value is -3.51. The molecular formula is C21H16ClN5O. The van der Waals surface area contributed by atoms with Crippen LogP contribution in [0.15, 0.2) is 72.8 Å². The molecule has 6 nitrogen and oxygen atoms in total. The maximum Gasteiger partial charge on any atom is 0.257 e. The minimum absolute atomic E-state index is 0.281. The Balaban J connectivity index is 1.62. The topological polar surface area (TPSA) is 72.7 Å². The lowest BCUT2D eigenvalue weighted by Crippen LogP contribution is -2.12. The predicted molar refractivity (Wildman–Crippen MR) is 109 cm³/mol. The molecule has 0 saturated carbocycles. The summed E-state index contributed by atoms with van der Waals surface area (Å²) in [6.45, 7) is 0. The van der Waals surface area contributed by atoms with Crippen molar-refractivity contribution >= 4 is 23.2 Å². The number of carbonyl (C=O) groups excluding carboxylic acids is 1. The van der Waals surface area contributed by atoms with Crippen LogP contribution in [0.5, 0.6) is 0 Å². The number of aryl methyl sites for hydroxylation is 1. The van der Waals surface area contributed by atoms with Crippen molar-refractivity contribution < 1.29 is 4.79 Å². The smallest absolute Gasteiger partial charge is 0.257 e. The van der Waals surface area contributed by atoms with E-state index < -0.39 is 0 Å². The first-order chi connectivity index (χ1) is 13.6. The largest absolute Gasteiger partial charge is 0.322 e. The number of benzene rings is 3. The molecule has 3 aromatic carbocycles. The van der Waals surface area contributed by atoms with Crippen molar-refractivity contribution in [3.8, 4) is 22.5 Å². The molecule has 28 heavy (non-hydrogen) atoms. The molecule has 0 fully saturated rings. The molecule has 4 rings (SSSR count). The highest BCUT2D eigenvalue weighted by molar-refractivity contribution is 6.34. The standard InChI is InChI=1S/C21H16ClN5O/c1-27-20(24-25-26-27)16-8-5-9-17(12-16)23-21(28)18-13-15(10-11-19(18)22)14-6-3-2-4-7-14/h2-13H,1H3,(H,23,28). The van der Waals surface area contributed by atoms with Crippen LogP contribution in [0.3, 0.4) is 0 Å². The van der Waals surface area contributed by atoms with Gasteiger partial charge in [0.05, 0.1) is 10.6 Å². The SMILES string of the molecule is Cn1nnnc1-c1cccc(NC(=O)c2cc(-c3ccccc3)ccc2Cl)c1. The lowest BCUT2D eigenvalue weighted by molar-refractivity contribution is 0.102. The highest BCUT2D eigenvalue weighted by atomic mass is 35.5. The van der Waals surface area contributed by atoms with Crippen molar-refractivity contribution in [2.45, 2.75) is 0 Å². The Bertz CT molecular complexity index is 1140. The zero-order chi connectivity index (χ0) is 19.5. The molecule has 0 spiro atoms. The first-order valence-electron chi connectivity index (χ1n) is 8.61. The monoisotopic (exact) mass is 389 g/mol. The van der Waals surface area contributed by atoms with E-state index >= 15 is 0 Å². The summed E-state index contributed by atoms with van der Waals surface area (Å²) in [6.07, 6.45) is 0. The summed E-state index contributed by atoms with van der Waals surface area (Å²) in [5.74, 6) is 0.330. The zero-order valence-electron chi connectivity index (χ0n) is 15.0. The fourth-order valence-electron chi connectivity index (χ4n) is 2.92. The van der Waals surface area contributed by atoms with Crippen LogP contribution in [0.1, 0.15) is 10.4 Å². The van der Waals surface area contributed by atoms with Gasteiger partial charge in [-0.3, -0.25) is 4.79 Å². The van der Waals surface area contributed by atoms with Crippen LogP contribution in [0.2, 0.25) is 5.02 Å². The van der Waals surface area contributed by atoms with Crippen LogP contribution >= 0.6 is 11.6 Å². The molecule has 0 atom stereocenters. The Kier molecular flexibility index (Phi) is 4.87. The number of amides is 1. The Morgan fingerprint density at radius 1 is 0.929 bits per heavy atom. The molecule has 0 aliphatic heterocycles. The van der Waals surface area contributed by atoms with Crippen molar-refractivity contribution in [3.05, 3.63) is 83.4 Å². The first kappa shape index (κ1) is 17.9. The van der Waals surface area contributed by atoms with E-state index in [1.807, 2.05) is 54.6 Å². The fraction of sp³-hybridized carbons (Fsp3) is 0.0476. The number of anilines is 1. The van der Waals surface area contributed by atoms with Crippen molar-refractivity contribution in [2.75, 3.05) is 5.32 Å². The molecule has 0 unspecified atom stereocenters. The van der Waals surface area contributed by atoms with E-state index in [1.165, 1.54) is 0 Å². The van der Waals surface area contributed by atoms with E-state index in [0.717, 1.165) is 16.7 Å². The number of nitrogens with one attached hydrogen (secondary N) is 1. The van der Waals surface area contributed by atoms with Gasteiger partial charge in [-0.1, -0.05) is 60.1 Å². The van der Waals surface area contributed by atoms with Crippen LogP contribution in [-0.4, -0.2) is 26.1 Å². The van der Waals surface area contributed by atoms with E-state index in [-0.39, 0.29) is 5.91 Å². The molecule has 1 heterocycles. The second kappa shape index (κ2) is 7.62. The summed E-state index contributed by atoms with van der Waals surface area (Å²) in [6, 6.07) is 22.6. The minimum Gasteiger partial charge on any atom is -0.322 e. The van der Waals surface area contributed by atoms with Gasteiger partial charge < -0.3 is 5.32 Å². The van der Waals surface area contributed by atoms with Crippen molar-refractivity contribution in [1.29, 1.82) is 0 Å². The van der Waals surface area contributed by atoms with E-state index in [2.05, 4.69) is 20.8 Å². The molecule has 0 saturated heterocycles. The Labute approximate surface area is 166 Å². The molecule has 1 amide bonds. The van der Waals surface area contributed by atoms with E-state index in [4.69, 9.17) is 11.6 Å². The third-order valence-corrected chi connectivity index (χ3v) is 4.65. The quantitative estimate of drug-likeness (QED) is 0.559. The molecule has 0 bridgehead atoms. The molecule has 0 aliphatic rings. The van der Waals surface area contributed by atoms with E-state index in [1.54, 1.807) is 29.9 Å². The lowest BCUT2D eigenvalue weighted by Gasteiger charge is -2.10. The van der Waals surface area contributed by atoms with Gasteiger partial charge in [0, 0.05) is 18.3 Å². The predicted octanol–water partition coefficient (Wildman–Crippen LogP) is 4.45. The molecule has 0 radical (unpaired) electrons. The summed E-state index contributed by atoms with van der Waals surface area (Å²) in [5.41, 5.74) is 3.79. The van der Waals surface area contributed by atoms with Crippen molar-refractivity contribution in [2.24, 2.45) is 7.05 Å². The van der Waals surface area contributed by atoms with Gasteiger partial charge in [0.2, 0.25) is 0 Å². The number of rotatable bonds is 4. The van der Waals surface area contributed by atoms with Crippen LogP contribution in [0, 0.1) is 0 Å². The van der Waals surface area contributed by atoms with Crippen LogP contribution < -0.4 is 5.32 Å². The van der Waals surface area contributed by atoms with Gasteiger partial charge in [-0.2, -0.15) is 0 Å². The van der Waals surface area contributed by atoms with E-state index in [0.29, 0.717) is 22.1 Å². The highest BCUT2D eigenvalue weighted by Crippen LogP contribution is 2.26. The van der Waals surface area contributed by atoms with Gasteiger partial charge >= 0.3 is 0 Å². The molecular weight excluding hydrogens is 374 g/mol. The van der Waals surface area contributed by atoms with Gasteiger partial charge in [-0.15, -0.1) is 5.10 Å². The number of hydrogen-bond acceptors (Lipinski definition) is 4. The number of halogens is 1. The second-order valence-electron chi connectivity index (χ2n) is 6.22. The van der Waals surface area contributed by atoms with Gasteiger partial charge in [0.25, 0.3) is 5.91 Å². The highest BCUT2D eigenvalue weighted by Gasteiger charge is 2.13. The molecule has 138 valence electrons. The van der Waals surface area contributed by atoms with Gasteiger partial charge in [-0.05, 0) is 45.8 Å². The maximum absolute atomic E-state index is 12.8. The number of nitrogens with zero attached hydrogens (tertiary/aromatic N) is 4. The number of tetrazole rings is 1. The van der Waals surface area contributed by atoms with Crippen LogP contribution in [0.25, 0.3) is 22.5 Å². The average Bonchev–Trinajstić information content (AvgIpc) is 3.15. The first-order valence-corrected chi connectivity index (χ1v) is 8.99. The summed E-state index contributed by atoms with van der Waals surface area (Å²) in [4.78, 5) is 12.8. The molecule has 0 aliphatic carbocycles. The third kappa shape index (κ3) is 3.63. The maximum atomic E-state index is 12.8. The number of hydrogen-bond donors (Lipinski definition) is 1. The summed E-state index contributed by atoms with van der Waals surface area (Å²) in [7, 11) is 1.76. The third-order valence-electron chi connectivity index (χ3n) is 4.32.